The van der Waals surface area contributed by atoms with E-state index in [2.05, 4.69) is 15.6 Å². The summed E-state index contributed by atoms with van der Waals surface area (Å²) in [6.07, 6.45) is 5.26. The Hall–Kier alpha value is -2.49. The Morgan fingerprint density at radius 3 is 2.62 bits per heavy atom. The lowest BCUT2D eigenvalue weighted by Gasteiger charge is -2.13. The quantitative estimate of drug-likeness (QED) is 0.695. The minimum absolute atomic E-state index is 0.372. The van der Waals surface area contributed by atoms with Crippen molar-refractivity contribution >= 4 is 11.0 Å². The van der Waals surface area contributed by atoms with E-state index < -0.39 is 0 Å². The molecule has 124 valence electrons. The van der Waals surface area contributed by atoms with Gasteiger partial charge in [-0.25, -0.2) is 4.98 Å². The van der Waals surface area contributed by atoms with Gasteiger partial charge in [-0.15, -0.1) is 0 Å². The Kier molecular flexibility index (Phi) is 4.11. The van der Waals surface area contributed by atoms with Gasteiger partial charge in [0, 0.05) is 13.1 Å². The number of imidazole rings is 1. The molecule has 0 unspecified atom stereocenters. The summed E-state index contributed by atoms with van der Waals surface area (Å²) in [5.41, 5.74) is 2.06. The highest BCUT2D eigenvalue weighted by Gasteiger charge is 2.17. The van der Waals surface area contributed by atoms with Crippen molar-refractivity contribution in [2.24, 2.45) is 7.05 Å². The third-order valence-corrected chi connectivity index (χ3v) is 4.66. The Morgan fingerprint density at radius 1 is 1.04 bits per heavy atom. The maximum atomic E-state index is 6.10. The van der Waals surface area contributed by atoms with E-state index in [1.165, 1.54) is 25.7 Å². The molecule has 4 nitrogen and oxygen atoms in total. The molecule has 0 radical (unpaired) electrons. The third kappa shape index (κ3) is 3.09. The van der Waals surface area contributed by atoms with Gasteiger partial charge in [0.15, 0.2) is 0 Å². The molecule has 4 rings (SSSR count). The molecule has 2 aromatic carbocycles. The van der Waals surface area contributed by atoms with Crippen molar-refractivity contribution in [1.29, 1.82) is 0 Å². The number of benzene rings is 2. The molecule has 4 heteroatoms. The Labute approximate surface area is 142 Å². The van der Waals surface area contributed by atoms with Crippen LogP contribution in [0.25, 0.3) is 11.0 Å². The second-order valence-electron chi connectivity index (χ2n) is 6.36. The fraction of sp³-hybridized carbons (Fsp3) is 0.350. The standard InChI is InChI=1S/C20H22N2O2/c1-22-19-13-17(24-16-9-5-6-10-16)11-12-18(19)21-20(22)14-23-15-7-3-2-4-8-15/h2-4,7-8,11-13,16H,5-6,9-10,14H2,1H3. The number of aryl methyl sites for hydroxylation is 1. The summed E-state index contributed by atoms with van der Waals surface area (Å²) < 4.78 is 14.0. The van der Waals surface area contributed by atoms with Crippen molar-refractivity contribution in [1.82, 2.24) is 9.55 Å². The second-order valence-corrected chi connectivity index (χ2v) is 6.36. The zero-order chi connectivity index (χ0) is 16.4. The first-order chi connectivity index (χ1) is 11.8. The van der Waals surface area contributed by atoms with Gasteiger partial charge in [0.25, 0.3) is 0 Å². The first kappa shape index (κ1) is 15.1. The van der Waals surface area contributed by atoms with E-state index in [9.17, 15) is 0 Å². The molecule has 0 bridgehead atoms. The Balaban J connectivity index is 1.53. The average Bonchev–Trinajstić information content (AvgIpc) is 3.23. The lowest BCUT2D eigenvalue weighted by atomic mass is 10.2. The van der Waals surface area contributed by atoms with Crippen LogP contribution in [0, 0.1) is 0 Å². The van der Waals surface area contributed by atoms with Crippen LogP contribution in [0.2, 0.25) is 0 Å². The SMILES string of the molecule is Cn1c(COc2ccccc2)nc2ccc(OC3CCCC3)cc21. The molecule has 0 amide bonds. The van der Waals surface area contributed by atoms with Gasteiger partial charge in [0.1, 0.15) is 23.9 Å². The van der Waals surface area contributed by atoms with Crippen molar-refractivity contribution in [2.75, 3.05) is 0 Å². The van der Waals surface area contributed by atoms with Gasteiger partial charge in [-0.1, -0.05) is 18.2 Å². The number of hydrogen-bond donors (Lipinski definition) is 0. The van der Waals surface area contributed by atoms with Gasteiger partial charge in [-0.05, 0) is 49.9 Å². The fourth-order valence-corrected chi connectivity index (χ4v) is 3.29. The highest BCUT2D eigenvalue weighted by molar-refractivity contribution is 5.77. The number of ether oxygens (including phenoxy) is 2. The van der Waals surface area contributed by atoms with Crippen LogP contribution in [0.15, 0.2) is 48.5 Å². The number of hydrogen-bond acceptors (Lipinski definition) is 3. The molecule has 1 saturated carbocycles. The fourth-order valence-electron chi connectivity index (χ4n) is 3.29. The zero-order valence-corrected chi connectivity index (χ0v) is 13.9. The van der Waals surface area contributed by atoms with Gasteiger partial charge < -0.3 is 14.0 Å². The molecule has 1 heterocycles. The Bertz CT molecular complexity index is 820. The monoisotopic (exact) mass is 322 g/mol. The van der Waals surface area contributed by atoms with E-state index in [0.717, 1.165) is 28.4 Å². The van der Waals surface area contributed by atoms with Crippen LogP contribution < -0.4 is 9.47 Å². The molecule has 3 aromatic rings. The van der Waals surface area contributed by atoms with Crippen LogP contribution in [0.4, 0.5) is 0 Å². The zero-order valence-electron chi connectivity index (χ0n) is 13.9. The van der Waals surface area contributed by atoms with Crippen LogP contribution >= 0.6 is 0 Å². The molecule has 0 spiro atoms. The molecule has 0 atom stereocenters. The van der Waals surface area contributed by atoms with Gasteiger partial charge in [0.05, 0.1) is 17.1 Å². The number of rotatable bonds is 5. The topological polar surface area (TPSA) is 36.3 Å². The van der Waals surface area contributed by atoms with Crippen LogP contribution in [-0.2, 0) is 13.7 Å². The van der Waals surface area contributed by atoms with Crippen molar-refractivity contribution in [3.8, 4) is 11.5 Å². The lowest BCUT2D eigenvalue weighted by molar-refractivity contribution is 0.210. The third-order valence-electron chi connectivity index (χ3n) is 4.66. The number of nitrogens with zero attached hydrogens (tertiary/aromatic N) is 2. The van der Waals surface area contributed by atoms with E-state index in [4.69, 9.17) is 9.47 Å². The highest BCUT2D eigenvalue weighted by Crippen LogP contribution is 2.27. The predicted octanol–water partition coefficient (Wildman–Crippen LogP) is 4.47. The molecule has 1 aliphatic rings. The minimum Gasteiger partial charge on any atom is -0.490 e. The second kappa shape index (κ2) is 6.56. The maximum Gasteiger partial charge on any atom is 0.147 e. The van der Waals surface area contributed by atoms with Crippen LogP contribution in [-0.4, -0.2) is 15.7 Å². The summed E-state index contributed by atoms with van der Waals surface area (Å²) in [6.45, 7) is 0.452. The van der Waals surface area contributed by atoms with Crippen LogP contribution in [0.5, 0.6) is 11.5 Å². The van der Waals surface area contributed by atoms with E-state index >= 15 is 0 Å². The molecular weight excluding hydrogens is 300 g/mol. The summed E-state index contributed by atoms with van der Waals surface area (Å²) in [5, 5.41) is 0. The van der Waals surface area contributed by atoms with Crippen molar-refractivity contribution in [3.63, 3.8) is 0 Å². The molecule has 0 aliphatic heterocycles. The first-order valence-electron chi connectivity index (χ1n) is 8.59. The van der Waals surface area contributed by atoms with Crippen molar-refractivity contribution < 1.29 is 9.47 Å². The minimum atomic E-state index is 0.372. The van der Waals surface area contributed by atoms with Gasteiger partial charge in [-0.3, -0.25) is 0 Å². The summed E-state index contributed by atoms with van der Waals surface area (Å²) in [7, 11) is 2.03. The smallest absolute Gasteiger partial charge is 0.147 e. The van der Waals surface area contributed by atoms with Gasteiger partial charge in [-0.2, -0.15) is 0 Å². The lowest BCUT2D eigenvalue weighted by Crippen LogP contribution is -2.10. The van der Waals surface area contributed by atoms with E-state index in [1.807, 2.05) is 49.5 Å². The number of aromatic nitrogens is 2. The molecule has 1 fully saturated rings. The molecule has 0 saturated heterocycles. The number of fused-ring (bicyclic) bond motifs is 1. The Morgan fingerprint density at radius 2 is 1.83 bits per heavy atom. The molecule has 1 aliphatic carbocycles. The first-order valence-corrected chi connectivity index (χ1v) is 8.59. The molecule has 0 N–H and O–H groups in total. The number of para-hydroxylation sites is 1. The molecular formula is C20H22N2O2. The predicted molar refractivity (Wildman–Crippen MR) is 94.4 cm³/mol. The summed E-state index contributed by atoms with van der Waals surface area (Å²) in [4.78, 5) is 4.68. The molecule has 1 aromatic heterocycles. The van der Waals surface area contributed by atoms with Crippen LogP contribution in [0.1, 0.15) is 31.5 Å². The maximum absolute atomic E-state index is 6.10. The van der Waals surface area contributed by atoms with Crippen molar-refractivity contribution in [2.45, 2.75) is 38.4 Å². The summed E-state index contributed by atoms with van der Waals surface area (Å²) in [5.74, 6) is 2.70. The normalized spacial score (nSPS) is 15.0. The van der Waals surface area contributed by atoms with Crippen LogP contribution in [0.3, 0.4) is 0 Å². The average molecular weight is 322 g/mol. The van der Waals surface area contributed by atoms with E-state index in [-0.39, 0.29) is 0 Å². The summed E-state index contributed by atoms with van der Waals surface area (Å²) >= 11 is 0. The largest absolute Gasteiger partial charge is 0.490 e. The van der Waals surface area contributed by atoms with Gasteiger partial charge >= 0.3 is 0 Å². The molecule has 24 heavy (non-hydrogen) atoms. The summed E-state index contributed by atoms with van der Waals surface area (Å²) in [6, 6.07) is 16.0. The van der Waals surface area contributed by atoms with Gasteiger partial charge in [0.2, 0.25) is 0 Å². The van der Waals surface area contributed by atoms with E-state index in [1.54, 1.807) is 0 Å². The highest BCUT2D eigenvalue weighted by atomic mass is 16.5. The van der Waals surface area contributed by atoms with E-state index in [0.29, 0.717) is 12.7 Å². The van der Waals surface area contributed by atoms with Crippen molar-refractivity contribution in [3.05, 3.63) is 54.4 Å².